The van der Waals surface area contributed by atoms with Gasteiger partial charge in [0.2, 0.25) is 11.8 Å². The van der Waals surface area contributed by atoms with Crippen LogP contribution in [0.25, 0.3) is 0 Å². The van der Waals surface area contributed by atoms with Crippen LogP contribution < -0.4 is 19.7 Å². The third-order valence-corrected chi connectivity index (χ3v) is 3.70. The highest BCUT2D eigenvalue weighted by molar-refractivity contribution is 5.44. The Morgan fingerprint density at radius 2 is 2.00 bits per heavy atom. The number of hydrogen-bond acceptors (Lipinski definition) is 8. The van der Waals surface area contributed by atoms with Crippen molar-refractivity contribution in [3.63, 3.8) is 0 Å². The molecule has 122 valence electrons. The molecule has 0 saturated carbocycles. The van der Waals surface area contributed by atoms with E-state index in [1.165, 1.54) is 0 Å². The van der Waals surface area contributed by atoms with Crippen molar-refractivity contribution in [3.8, 4) is 11.9 Å². The second-order valence-electron chi connectivity index (χ2n) is 5.26. The fourth-order valence-electron chi connectivity index (χ4n) is 2.61. The molecule has 0 amide bonds. The van der Waals surface area contributed by atoms with Crippen molar-refractivity contribution in [1.29, 1.82) is 0 Å². The number of nitrogens with zero attached hydrogens (tertiary/aromatic N) is 5. The van der Waals surface area contributed by atoms with E-state index >= 15 is 0 Å². The third-order valence-electron chi connectivity index (χ3n) is 3.70. The Balaban J connectivity index is 1.73. The molecule has 1 atom stereocenters. The van der Waals surface area contributed by atoms with Gasteiger partial charge in [-0.05, 0) is 18.9 Å². The van der Waals surface area contributed by atoms with Crippen LogP contribution in [0.4, 0.5) is 11.8 Å². The highest BCUT2D eigenvalue weighted by Crippen LogP contribution is 2.24. The fourth-order valence-corrected chi connectivity index (χ4v) is 2.61. The quantitative estimate of drug-likeness (QED) is 0.885. The molecule has 1 aliphatic rings. The molecule has 0 aromatic carbocycles. The maximum Gasteiger partial charge on any atom is 0.321 e. The van der Waals surface area contributed by atoms with E-state index in [-0.39, 0.29) is 6.04 Å². The monoisotopic (exact) mass is 316 g/mol. The van der Waals surface area contributed by atoms with E-state index in [2.05, 4.69) is 30.2 Å². The second kappa shape index (κ2) is 7.08. The summed E-state index contributed by atoms with van der Waals surface area (Å²) in [4.78, 5) is 19.2. The van der Waals surface area contributed by atoms with Crippen molar-refractivity contribution < 1.29 is 9.47 Å². The van der Waals surface area contributed by atoms with Gasteiger partial charge < -0.3 is 19.7 Å². The van der Waals surface area contributed by atoms with Crippen LogP contribution in [-0.4, -0.2) is 53.3 Å². The number of hydrogen-bond donors (Lipinski definition) is 1. The first-order chi connectivity index (χ1) is 11.3. The van der Waals surface area contributed by atoms with Gasteiger partial charge >= 0.3 is 6.01 Å². The minimum atomic E-state index is 0.262. The van der Waals surface area contributed by atoms with Crippen LogP contribution in [0.1, 0.15) is 12.8 Å². The van der Waals surface area contributed by atoms with Crippen molar-refractivity contribution in [2.24, 2.45) is 0 Å². The van der Waals surface area contributed by atoms with Crippen LogP contribution in [0.15, 0.2) is 24.5 Å². The van der Waals surface area contributed by atoms with Gasteiger partial charge in [-0.15, -0.1) is 0 Å². The summed E-state index contributed by atoms with van der Waals surface area (Å²) in [6, 6.07) is 4.20. The first-order valence-corrected chi connectivity index (χ1v) is 7.54. The van der Waals surface area contributed by atoms with Crippen LogP contribution in [-0.2, 0) is 0 Å². The van der Waals surface area contributed by atoms with Crippen LogP contribution in [0.3, 0.4) is 0 Å². The minimum absolute atomic E-state index is 0.262. The van der Waals surface area contributed by atoms with Gasteiger partial charge in [0.15, 0.2) is 0 Å². The summed E-state index contributed by atoms with van der Waals surface area (Å²) in [5.41, 5.74) is 0. The van der Waals surface area contributed by atoms with E-state index in [0.29, 0.717) is 17.8 Å². The second-order valence-corrected chi connectivity index (χ2v) is 5.26. The van der Waals surface area contributed by atoms with Gasteiger partial charge in [0, 0.05) is 37.6 Å². The van der Waals surface area contributed by atoms with Crippen molar-refractivity contribution >= 4 is 11.8 Å². The van der Waals surface area contributed by atoms with E-state index in [1.54, 1.807) is 32.7 Å². The molecule has 2 aromatic rings. The standard InChI is InChI=1S/C15H20N6O2/c1-22-13-9-12(19-15(20-13)23-2)21-8-3-5-11(10-21)18-14-16-6-4-7-17-14/h4,6-7,9,11H,3,5,8,10H2,1-2H3,(H,16,17,18). The molecule has 8 nitrogen and oxygen atoms in total. The molecule has 3 heterocycles. The lowest BCUT2D eigenvalue weighted by Crippen LogP contribution is -2.42. The maximum atomic E-state index is 5.22. The summed E-state index contributed by atoms with van der Waals surface area (Å²) in [6.07, 6.45) is 5.58. The van der Waals surface area contributed by atoms with Crippen molar-refractivity contribution in [3.05, 3.63) is 24.5 Å². The van der Waals surface area contributed by atoms with Gasteiger partial charge in [0.25, 0.3) is 0 Å². The lowest BCUT2D eigenvalue weighted by Gasteiger charge is -2.34. The van der Waals surface area contributed by atoms with Crippen LogP contribution >= 0.6 is 0 Å². The van der Waals surface area contributed by atoms with Gasteiger partial charge in [-0.1, -0.05) is 0 Å². The van der Waals surface area contributed by atoms with E-state index in [9.17, 15) is 0 Å². The van der Waals surface area contributed by atoms with E-state index in [4.69, 9.17) is 9.47 Å². The Morgan fingerprint density at radius 3 is 2.74 bits per heavy atom. The molecular formula is C15H20N6O2. The van der Waals surface area contributed by atoms with Gasteiger partial charge in [-0.3, -0.25) is 0 Å². The Labute approximate surface area is 134 Å². The Kier molecular flexibility index (Phi) is 4.70. The normalized spacial score (nSPS) is 17.7. The highest BCUT2D eigenvalue weighted by Gasteiger charge is 2.22. The molecule has 0 radical (unpaired) electrons. The molecule has 0 spiro atoms. The zero-order valence-corrected chi connectivity index (χ0v) is 13.3. The van der Waals surface area contributed by atoms with E-state index in [0.717, 1.165) is 31.7 Å². The molecule has 1 aliphatic heterocycles. The van der Waals surface area contributed by atoms with Gasteiger partial charge in [0.1, 0.15) is 5.82 Å². The zero-order chi connectivity index (χ0) is 16.1. The predicted octanol–water partition coefficient (Wildman–Crippen LogP) is 1.36. The van der Waals surface area contributed by atoms with Gasteiger partial charge in [-0.2, -0.15) is 9.97 Å². The van der Waals surface area contributed by atoms with E-state index in [1.807, 2.05) is 6.07 Å². The Morgan fingerprint density at radius 1 is 1.17 bits per heavy atom. The largest absolute Gasteiger partial charge is 0.481 e. The first kappa shape index (κ1) is 15.3. The molecule has 0 bridgehead atoms. The number of aromatic nitrogens is 4. The smallest absolute Gasteiger partial charge is 0.321 e. The first-order valence-electron chi connectivity index (χ1n) is 7.54. The summed E-state index contributed by atoms with van der Waals surface area (Å²) in [6.45, 7) is 1.73. The number of piperidine rings is 1. The molecule has 2 aromatic heterocycles. The molecular weight excluding hydrogens is 296 g/mol. The van der Waals surface area contributed by atoms with Crippen molar-refractivity contribution in [2.75, 3.05) is 37.5 Å². The molecule has 1 unspecified atom stereocenters. The van der Waals surface area contributed by atoms with E-state index < -0.39 is 0 Å². The van der Waals surface area contributed by atoms with Crippen LogP contribution in [0.5, 0.6) is 11.9 Å². The lowest BCUT2D eigenvalue weighted by atomic mass is 10.1. The molecule has 3 rings (SSSR count). The number of anilines is 2. The summed E-state index contributed by atoms with van der Waals surface area (Å²) >= 11 is 0. The minimum Gasteiger partial charge on any atom is -0.481 e. The fraction of sp³-hybridized carbons (Fsp3) is 0.467. The Hall–Kier alpha value is -2.64. The van der Waals surface area contributed by atoms with Crippen molar-refractivity contribution in [2.45, 2.75) is 18.9 Å². The average molecular weight is 316 g/mol. The topological polar surface area (TPSA) is 85.3 Å². The van der Waals surface area contributed by atoms with Crippen LogP contribution in [0.2, 0.25) is 0 Å². The summed E-state index contributed by atoms with van der Waals surface area (Å²) < 4.78 is 10.4. The molecule has 1 fully saturated rings. The Bertz CT molecular complexity index is 617. The molecule has 0 aliphatic carbocycles. The van der Waals surface area contributed by atoms with Crippen LogP contribution in [0, 0.1) is 0 Å². The maximum absolute atomic E-state index is 5.22. The SMILES string of the molecule is COc1cc(N2CCCC(Nc3ncccn3)C2)nc(OC)n1. The number of ether oxygens (including phenoxy) is 2. The summed E-state index contributed by atoms with van der Waals surface area (Å²) in [5, 5.41) is 3.37. The predicted molar refractivity (Wildman–Crippen MR) is 86.0 cm³/mol. The average Bonchev–Trinajstić information content (AvgIpc) is 2.62. The summed E-state index contributed by atoms with van der Waals surface area (Å²) in [5.74, 6) is 1.94. The van der Waals surface area contributed by atoms with Gasteiger partial charge in [-0.25, -0.2) is 9.97 Å². The number of rotatable bonds is 5. The molecule has 1 N–H and O–H groups in total. The molecule has 1 saturated heterocycles. The highest BCUT2D eigenvalue weighted by atomic mass is 16.5. The lowest BCUT2D eigenvalue weighted by molar-refractivity contribution is 0.351. The van der Waals surface area contributed by atoms with Gasteiger partial charge in [0.05, 0.1) is 14.2 Å². The van der Waals surface area contributed by atoms with Crippen molar-refractivity contribution in [1.82, 2.24) is 19.9 Å². The molecule has 8 heteroatoms. The third kappa shape index (κ3) is 3.77. The zero-order valence-electron chi connectivity index (χ0n) is 13.3. The molecule has 23 heavy (non-hydrogen) atoms. The summed E-state index contributed by atoms with van der Waals surface area (Å²) in [7, 11) is 3.13. The number of methoxy groups -OCH3 is 2. The number of nitrogens with one attached hydrogen (secondary N) is 1.